The molecule has 7 nitrogen and oxygen atoms in total. The van der Waals surface area contributed by atoms with E-state index in [0.717, 1.165) is 6.42 Å². The number of aryl methyl sites for hydroxylation is 1. The molecule has 1 saturated carbocycles. The summed E-state index contributed by atoms with van der Waals surface area (Å²) in [5, 5.41) is 3.23. The molecule has 1 unspecified atom stereocenters. The van der Waals surface area contributed by atoms with Crippen LogP contribution in [0.5, 0.6) is 0 Å². The van der Waals surface area contributed by atoms with Crippen LogP contribution in [0.1, 0.15) is 56.5 Å². The van der Waals surface area contributed by atoms with Crippen LogP contribution in [0.15, 0.2) is 23.0 Å². The summed E-state index contributed by atoms with van der Waals surface area (Å²) in [6.45, 7) is 3.85. The van der Waals surface area contributed by atoms with Crippen molar-refractivity contribution in [1.82, 2.24) is 14.9 Å². The van der Waals surface area contributed by atoms with E-state index in [2.05, 4.69) is 10.3 Å². The average molecular weight is 369 g/mol. The van der Waals surface area contributed by atoms with Crippen LogP contribution in [0.4, 0.5) is 0 Å². The Morgan fingerprint density at radius 2 is 2.07 bits per heavy atom. The standard InChI is InChI=1S/C20H23N3O4/c1-3-5-18(26)21-11-13-6-4-7-15-19(13)20(27)23(12(2)22-15)16-9-8-14(24)10-17(16)25/h4,6-7,16H,3,5,8-11H2,1-2H3,(H,21,26). The highest BCUT2D eigenvalue weighted by Gasteiger charge is 2.30. The molecule has 1 N–H and O–H groups in total. The Hall–Kier alpha value is -2.83. The highest BCUT2D eigenvalue weighted by Crippen LogP contribution is 2.24. The zero-order valence-corrected chi connectivity index (χ0v) is 15.6. The van der Waals surface area contributed by atoms with Crippen molar-refractivity contribution in [3.63, 3.8) is 0 Å². The molecule has 1 fully saturated rings. The Morgan fingerprint density at radius 1 is 1.30 bits per heavy atom. The number of rotatable bonds is 5. The van der Waals surface area contributed by atoms with Gasteiger partial charge in [-0.25, -0.2) is 4.98 Å². The van der Waals surface area contributed by atoms with Crippen LogP contribution in [0, 0.1) is 6.92 Å². The predicted molar refractivity (Wildman–Crippen MR) is 100 cm³/mol. The minimum Gasteiger partial charge on any atom is -0.352 e. The van der Waals surface area contributed by atoms with Crippen molar-refractivity contribution >= 4 is 28.4 Å². The average Bonchev–Trinajstić information content (AvgIpc) is 2.61. The van der Waals surface area contributed by atoms with Crippen LogP contribution in [0.25, 0.3) is 10.9 Å². The Bertz CT molecular complexity index is 977. The number of hydrogen-bond acceptors (Lipinski definition) is 5. The number of nitrogens with one attached hydrogen (secondary N) is 1. The van der Waals surface area contributed by atoms with Gasteiger partial charge in [0.05, 0.1) is 23.4 Å². The van der Waals surface area contributed by atoms with Crippen molar-refractivity contribution in [2.75, 3.05) is 0 Å². The zero-order chi connectivity index (χ0) is 19.6. The summed E-state index contributed by atoms with van der Waals surface area (Å²) in [5.74, 6) is 0.0459. The Balaban J connectivity index is 2.05. The van der Waals surface area contributed by atoms with Crippen molar-refractivity contribution < 1.29 is 14.4 Å². The first-order chi connectivity index (χ1) is 12.9. The number of carbonyl (C=O) groups is 3. The topological polar surface area (TPSA) is 98.1 Å². The molecule has 1 aromatic heterocycles. The molecule has 3 rings (SSSR count). The number of nitrogens with zero attached hydrogens (tertiary/aromatic N) is 2. The fourth-order valence-corrected chi connectivity index (χ4v) is 3.58. The minimum atomic E-state index is -0.658. The maximum Gasteiger partial charge on any atom is 0.262 e. The summed E-state index contributed by atoms with van der Waals surface area (Å²) >= 11 is 0. The molecule has 0 spiro atoms. The zero-order valence-electron chi connectivity index (χ0n) is 15.6. The summed E-state index contributed by atoms with van der Waals surface area (Å²) in [6, 6.07) is 4.67. The van der Waals surface area contributed by atoms with Gasteiger partial charge in [0, 0.05) is 19.4 Å². The van der Waals surface area contributed by atoms with Crippen molar-refractivity contribution in [2.24, 2.45) is 0 Å². The van der Waals surface area contributed by atoms with Crippen molar-refractivity contribution in [1.29, 1.82) is 0 Å². The van der Waals surface area contributed by atoms with E-state index in [-0.39, 0.29) is 42.4 Å². The van der Waals surface area contributed by atoms with E-state index < -0.39 is 6.04 Å². The molecule has 0 bridgehead atoms. The quantitative estimate of drug-likeness (QED) is 0.813. The summed E-state index contributed by atoms with van der Waals surface area (Å²) in [7, 11) is 0. The van der Waals surface area contributed by atoms with E-state index in [1.54, 1.807) is 25.1 Å². The van der Waals surface area contributed by atoms with Crippen LogP contribution >= 0.6 is 0 Å². The van der Waals surface area contributed by atoms with Gasteiger partial charge in [-0.2, -0.15) is 0 Å². The fraction of sp³-hybridized carbons (Fsp3) is 0.450. The molecule has 27 heavy (non-hydrogen) atoms. The van der Waals surface area contributed by atoms with Crippen LogP contribution in [0.2, 0.25) is 0 Å². The van der Waals surface area contributed by atoms with E-state index in [1.807, 2.05) is 6.92 Å². The van der Waals surface area contributed by atoms with Crippen molar-refractivity contribution in [2.45, 2.75) is 58.5 Å². The lowest BCUT2D eigenvalue weighted by Gasteiger charge is -2.24. The SMILES string of the molecule is CCCC(=O)NCc1cccc2nc(C)n(C3CCC(=O)CC3=O)c(=O)c12. The Kier molecular flexibility index (Phi) is 5.48. The minimum absolute atomic E-state index is 0.0733. The third-order valence-corrected chi connectivity index (χ3v) is 4.90. The summed E-state index contributed by atoms with van der Waals surface area (Å²) in [4.78, 5) is 53.4. The number of ketones is 2. The number of amides is 1. The maximum atomic E-state index is 13.2. The van der Waals surface area contributed by atoms with Gasteiger partial charge in [-0.15, -0.1) is 0 Å². The van der Waals surface area contributed by atoms with Gasteiger partial charge in [-0.1, -0.05) is 19.1 Å². The van der Waals surface area contributed by atoms with Crippen LogP contribution in [0.3, 0.4) is 0 Å². The van der Waals surface area contributed by atoms with E-state index in [0.29, 0.717) is 35.1 Å². The molecule has 1 atom stereocenters. The van der Waals surface area contributed by atoms with E-state index in [9.17, 15) is 19.2 Å². The second kappa shape index (κ2) is 7.82. The molecule has 1 heterocycles. The van der Waals surface area contributed by atoms with Crippen molar-refractivity contribution in [3.8, 4) is 0 Å². The maximum absolute atomic E-state index is 13.2. The molecular formula is C20H23N3O4. The van der Waals surface area contributed by atoms with E-state index in [1.165, 1.54) is 4.57 Å². The van der Waals surface area contributed by atoms with Gasteiger partial charge in [-0.3, -0.25) is 23.7 Å². The predicted octanol–water partition coefficient (Wildman–Crippen LogP) is 1.98. The van der Waals surface area contributed by atoms with Gasteiger partial charge in [0.15, 0.2) is 5.78 Å². The largest absolute Gasteiger partial charge is 0.352 e. The Morgan fingerprint density at radius 3 is 2.78 bits per heavy atom. The number of carbonyl (C=O) groups excluding carboxylic acids is 3. The fourth-order valence-electron chi connectivity index (χ4n) is 3.58. The summed E-state index contributed by atoms with van der Waals surface area (Å²) in [6.07, 6.45) is 1.65. The van der Waals surface area contributed by atoms with Gasteiger partial charge >= 0.3 is 0 Å². The molecular weight excluding hydrogens is 346 g/mol. The highest BCUT2D eigenvalue weighted by atomic mass is 16.2. The van der Waals surface area contributed by atoms with Crippen LogP contribution < -0.4 is 10.9 Å². The molecule has 1 aliphatic carbocycles. The molecule has 1 aromatic carbocycles. The molecule has 7 heteroatoms. The van der Waals surface area contributed by atoms with Gasteiger partial charge in [0.1, 0.15) is 11.6 Å². The lowest BCUT2D eigenvalue weighted by Crippen LogP contribution is -2.36. The first-order valence-electron chi connectivity index (χ1n) is 9.24. The molecule has 1 amide bonds. The third kappa shape index (κ3) is 3.82. The lowest BCUT2D eigenvalue weighted by molar-refractivity contribution is -0.132. The number of benzene rings is 1. The van der Waals surface area contributed by atoms with Gasteiger partial charge in [0.2, 0.25) is 5.91 Å². The summed E-state index contributed by atoms with van der Waals surface area (Å²) < 4.78 is 1.41. The van der Waals surface area contributed by atoms with Gasteiger partial charge in [-0.05, 0) is 31.4 Å². The second-order valence-corrected chi connectivity index (χ2v) is 6.91. The number of Topliss-reactive ketones (excluding diaryl/α,β-unsaturated/α-hetero) is 2. The summed E-state index contributed by atoms with van der Waals surface area (Å²) in [5.41, 5.74) is 0.906. The first-order valence-corrected chi connectivity index (χ1v) is 9.24. The monoisotopic (exact) mass is 369 g/mol. The van der Waals surface area contributed by atoms with Crippen LogP contribution in [-0.4, -0.2) is 27.0 Å². The van der Waals surface area contributed by atoms with Crippen LogP contribution in [-0.2, 0) is 20.9 Å². The smallest absolute Gasteiger partial charge is 0.262 e. The lowest BCUT2D eigenvalue weighted by atomic mass is 9.92. The third-order valence-electron chi connectivity index (χ3n) is 4.90. The number of aromatic nitrogens is 2. The molecule has 0 saturated heterocycles. The van der Waals surface area contributed by atoms with Crippen molar-refractivity contribution in [3.05, 3.63) is 39.9 Å². The number of fused-ring (bicyclic) bond motifs is 1. The van der Waals surface area contributed by atoms with Gasteiger partial charge in [0.25, 0.3) is 5.56 Å². The van der Waals surface area contributed by atoms with E-state index in [4.69, 9.17) is 0 Å². The molecule has 0 aliphatic heterocycles. The second-order valence-electron chi connectivity index (χ2n) is 6.91. The molecule has 0 radical (unpaired) electrons. The van der Waals surface area contributed by atoms with E-state index >= 15 is 0 Å². The van der Waals surface area contributed by atoms with Gasteiger partial charge < -0.3 is 5.32 Å². The molecule has 142 valence electrons. The molecule has 2 aromatic rings. The first kappa shape index (κ1) is 18.9. The Labute approximate surface area is 156 Å². The highest BCUT2D eigenvalue weighted by molar-refractivity contribution is 6.03. The number of hydrogen-bond donors (Lipinski definition) is 1. The molecule has 1 aliphatic rings. The normalized spacial score (nSPS) is 17.3.